The molecular weight excluding hydrogens is 276 g/mol. The van der Waals surface area contributed by atoms with Crippen molar-refractivity contribution < 1.29 is 14.3 Å². The van der Waals surface area contributed by atoms with Gasteiger partial charge in [0.05, 0.1) is 5.56 Å². The Hall–Kier alpha value is -2.42. The maximum Gasteiger partial charge on any atom is 0.338 e. The SMILES string of the molecule is O=C(OC1CC(c2ccccc2)CCC1=O)c1ccccc1. The summed E-state index contributed by atoms with van der Waals surface area (Å²) >= 11 is 0. The Bertz CT molecular complexity index is 649. The average Bonchev–Trinajstić information content (AvgIpc) is 2.58. The lowest BCUT2D eigenvalue weighted by atomic mass is 9.82. The maximum absolute atomic E-state index is 12.1. The highest BCUT2D eigenvalue weighted by atomic mass is 16.5. The van der Waals surface area contributed by atoms with Crippen molar-refractivity contribution in [1.29, 1.82) is 0 Å². The normalized spacial score (nSPS) is 21.4. The van der Waals surface area contributed by atoms with E-state index in [9.17, 15) is 9.59 Å². The number of ketones is 1. The summed E-state index contributed by atoms with van der Waals surface area (Å²) < 4.78 is 5.45. The van der Waals surface area contributed by atoms with E-state index in [-0.39, 0.29) is 11.7 Å². The van der Waals surface area contributed by atoms with Crippen molar-refractivity contribution in [2.45, 2.75) is 31.3 Å². The van der Waals surface area contributed by atoms with Crippen molar-refractivity contribution in [1.82, 2.24) is 0 Å². The molecule has 2 aromatic rings. The Kier molecular flexibility index (Phi) is 4.33. The Morgan fingerprint density at radius 3 is 2.27 bits per heavy atom. The second-order valence-corrected chi connectivity index (χ2v) is 5.61. The molecule has 0 saturated heterocycles. The van der Waals surface area contributed by atoms with E-state index in [4.69, 9.17) is 4.74 Å². The van der Waals surface area contributed by atoms with Crippen LogP contribution >= 0.6 is 0 Å². The number of rotatable bonds is 3. The van der Waals surface area contributed by atoms with Gasteiger partial charge in [0.2, 0.25) is 0 Å². The number of esters is 1. The lowest BCUT2D eigenvalue weighted by molar-refractivity contribution is -0.130. The van der Waals surface area contributed by atoms with E-state index in [1.54, 1.807) is 24.3 Å². The minimum Gasteiger partial charge on any atom is -0.451 e. The van der Waals surface area contributed by atoms with Gasteiger partial charge in [-0.15, -0.1) is 0 Å². The Labute approximate surface area is 129 Å². The summed E-state index contributed by atoms with van der Waals surface area (Å²) in [5, 5.41) is 0. The van der Waals surface area contributed by atoms with Crippen LogP contribution in [0.1, 0.15) is 41.1 Å². The first-order valence-corrected chi connectivity index (χ1v) is 7.58. The number of ether oxygens (including phenoxy) is 1. The van der Waals surface area contributed by atoms with Crippen LogP contribution in [0.3, 0.4) is 0 Å². The zero-order valence-electron chi connectivity index (χ0n) is 12.3. The van der Waals surface area contributed by atoms with Gasteiger partial charge in [0, 0.05) is 6.42 Å². The van der Waals surface area contributed by atoms with Crippen LogP contribution in [0.5, 0.6) is 0 Å². The van der Waals surface area contributed by atoms with Crippen molar-refractivity contribution in [3.63, 3.8) is 0 Å². The fraction of sp³-hybridized carbons (Fsp3) is 0.263. The Balaban J connectivity index is 1.70. The topological polar surface area (TPSA) is 43.4 Å². The molecule has 2 unspecified atom stereocenters. The third-order valence-corrected chi connectivity index (χ3v) is 4.13. The predicted molar refractivity (Wildman–Crippen MR) is 83.7 cm³/mol. The molecule has 0 bridgehead atoms. The molecule has 0 radical (unpaired) electrons. The van der Waals surface area contributed by atoms with Gasteiger partial charge in [-0.2, -0.15) is 0 Å². The fourth-order valence-electron chi connectivity index (χ4n) is 2.90. The van der Waals surface area contributed by atoms with Gasteiger partial charge < -0.3 is 4.74 Å². The van der Waals surface area contributed by atoms with Gasteiger partial charge in [-0.1, -0.05) is 48.5 Å². The van der Waals surface area contributed by atoms with E-state index in [0.29, 0.717) is 18.4 Å². The van der Waals surface area contributed by atoms with E-state index < -0.39 is 12.1 Å². The van der Waals surface area contributed by atoms with Crippen LogP contribution in [0.25, 0.3) is 0 Å². The van der Waals surface area contributed by atoms with Gasteiger partial charge in [-0.3, -0.25) is 4.79 Å². The molecule has 0 aliphatic heterocycles. The molecule has 112 valence electrons. The molecule has 1 fully saturated rings. The summed E-state index contributed by atoms with van der Waals surface area (Å²) in [6.45, 7) is 0. The molecule has 3 heteroatoms. The highest BCUT2D eigenvalue weighted by Crippen LogP contribution is 2.32. The lowest BCUT2D eigenvalue weighted by Gasteiger charge is -2.28. The molecule has 1 aliphatic carbocycles. The molecule has 2 aromatic carbocycles. The zero-order valence-corrected chi connectivity index (χ0v) is 12.3. The summed E-state index contributed by atoms with van der Waals surface area (Å²) in [5.74, 6) is -0.128. The van der Waals surface area contributed by atoms with Crippen molar-refractivity contribution in [3.8, 4) is 0 Å². The van der Waals surface area contributed by atoms with Gasteiger partial charge in [-0.25, -0.2) is 4.79 Å². The Morgan fingerprint density at radius 1 is 0.955 bits per heavy atom. The number of carbonyl (C=O) groups excluding carboxylic acids is 2. The van der Waals surface area contributed by atoms with Gasteiger partial charge in [0.15, 0.2) is 11.9 Å². The zero-order chi connectivity index (χ0) is 15.4. The molecule has 3 nitrogen and oxygen atoms in total. The van der Waals surface area contributed by atoms with Crippen LogP contribution in [0.4, 0.5) is 0 Å². The van der Waals surface area contributed by atoms with Crippen LogP contribution in [-0.4, -0.2) is 17.9 Å². The molecule has 0 N–H and O–H groups in total. The summed E-state index contributed by atoms with van der Waals surface area (Å²) in [6.07, 6.45) is 1.22. The van der Waals surface area contributed by atoms with Crippen molar-refractivity contribution in [2.24, 2.45) is 0 Å². The number of hydrogen-bond donors (Lipinski definition) is 0. The third-order valence-electron chi connectivity index (χ3n) is 4.13. The minimum atomic E-state index is -0.633. The number of benzene rings is 2. The standard InChI is InChI=1S/C19H18O3/c20-17-12-11-16(14-7-3-1-4-8-14)13-18(17)22-19(21)15-9-5-2-6-10-15/h1-10,16,18H,11-13H2. The molecule has 3 rings (SSSR count). The second-order valence-electron chi connectivity index (χ2n) is 5.61. The summed E-state index contributed by atoms with van der Waals surface area (Å²) in [6, 6.07) is 18.9. The van der Waals surface area contributed by atoms with Crippen molar-refractivity contribution in [2.75, 3.05) is 0 Å². The molecule has 0 aromatic heterocycles. The first-order chi connectivity index (χ1) is 10.7. The highest BCUT2D eigenvalue weighted by molar-refractivity contribution is 5.93. The maximum atomic E-state index is 12.1. The van der Waals surface area contributed by atoms with Crippen LogP contribution in [-0.2, 0) is 9.53 Å². The predicted octanol–water partition coefficient (Wildman–Crippen LogP) is 3.75. The second kappa shape index (κ2) is 6.56. The van der Waals surface area contributed by atoms with Crippen LogP contribution in [0, 0.1) is 0 Å². The van der Waals surface area contributed by atoms with Gasteiger partial charge in [-0.05, 0) is 36.5 Å². The van der Waals surface area contributed by atoms with Gasteiger partial charge in [0.1, 0.15) is 0 Å². The average molecular weight is 294 g/mol. The highest BCUT2D eigenvalue weighted by Gasteiger charge is 2.32. The third kappa shape index (κ3) is 3.25. The molecule has 0 amide bonds. The van der Waals surface area contributed by atoms with Gasteiger partial charge in [0.25, 0.3) is 0 Å². The fourth-order valence-corrected chi connectivity index (χ4v) is 2.90. The van der Waals surface area contributed by atoms with E-state index >= 15 is 0 Å². The smallest absolute Gasteiger partial charge is 0.338 e. The Morgan fingerprint density at radius 2 is 1.59 bits per heavy atom. The summed E-state index contributed by atoms with van der Waals surface area (Å²) in [7, 11) is 0. The number of carbonyl (C=O) groups is 2. The van der Waals surface area contributed by atoms with Crippen molar-refractivity contribution >= 4 is 11.8 Å². The molecule has 0 spiro atoms. The summed E-state index contributed by atoms with van der Waals surface area (Å²) in [5.41, 5.74) is 1.69. The molecule has 1 saturated carbocycles. The molecule has 2 atom stereocenters. The molecular formula is C19H18O3. The van der Waals surface area contributed by atoms with E-state index in [1.165, 1.54) is 5.56 Å². The van der Waals surface area contributed by atoms with Gasteiger partial charge >= 0.3 is 5.97 Å². The lowest BCUT2D eigenvalue weighted by Crippen LogP contribution is -2.33. The van der Waals surface area contributed by atoms with E-state index in [2.05, 4.69) is 12.1 Å². The first-order valence-electron chi connectivity index (χ1n) is 7.58. The molecule has 0 heterocycles. The monoisotopic (exact) mass is 294 g/mol. The molecule has 22 heavy (non-hydrogen) atoms. The van der Waals surface area contributed by atoms with Crippen LogP contribution in [0.15, 0.2) is 60.7 Å². The first kappa shape index (κ1) is 14.5. The quantitative estimate of drug-likeness (QED) is 0.810. The van der Waals surface area contributed by atoms with Crippen molar-refractivity contribution in [3.05, 3.63) is 71.8 Å². The number of hydrogen-bond acceptors (Lipinski definition) is 3. The van der Waals surface area contributed by atoms with E-state index in [1.807, 2.05) is 24.3 Å². The largest absolute Gasteiger partial charge is 0.451 e. The number of Topliss-reactive ketones (excluding diaryl/α,β-unsaturated/α-hetero) is 1. The molecule has 1 aliphatic rings. The van der Waals surface area contributed by atoms with Crippen LogP contribution in [0.2, 0.25) is 0 Å². The minimum absolute atomic E-state index is 0.0245. The van der Waals surface area contributed by atoms with Crippen LogP contribution < -0.4 is 0 Å². The van der Waals surface area contributed by atoms with E-state index in [0.717, 1.165) is 6.42 Å². The summed E-state index contributed by atoms with van der Waals surface area (Å²) in [4.78, 5) is 24.2.